The van der Waals surface area contributed by atoms with Crippen LogP contribution in [0, 0.1) is 10.8 Å². The van der Waals surface area contributed by atoms with Gasteiger partial charge in [-0.15, -0.1) is 6.58 Å². The van der Waals surface area contributed by atoms with Crippen LogP contribution in [0.4, 0.5) is 16.2 Å². The molecule has 0 aromatic heterocycles. The number of phenolic OH excluding ortho intramolecular Hbond substituents is 1. The van der Waals surface area contributed by atoms with Crippen LogP contribution in [0.3, 0.4) is 0 Å². The minimum atomic E-state index is -2.82. The molecule has 3 aliphatic rings. The van der Waals surface area contributed by atoms with Gasteiger partial charge in [-0.05, 0) is 30.9 Å². The van der Waals surface area contributed by atoms with E-state index in [9.17, 15) is 44.7 Å². The van der Waals surface area contributed by atoms with Crippen molar-refractivity contribution in [3.63, 3.8) is 0 Å². The van der Waals surface area contributed by atoms with Crippen molar-refractivity contribution in [1.82, 2.24) is 0 Å². The number of amides is 1. The maximum Gasteiger partial charge on any atom is 0.411 e. The Morgan fingerprint density at radius 2 is 1.82 bits per heavy atom. The predicted molar refractivity (Wildman–Crippen MR) is 143 cm³/mol. The van der Waals surface area contributed by atoms with Gasteiger partial charge in [0.2, 0.25) is 5.78 Å². The number of aromatic hydroxyl groups is 1. The number of hydrogen-bond acceptors (Lipinski definition) is 10. The lowest BCUT2D eigenvalue weighted by molar-refractivity contribution is -0.165. The Bertz CT molecular complexity index is 1440. The van der Waals surface area contributed by atoms with E-state index in [0.29, 0.717) is 17.7 Å². The first kappa shape index (κ1) is 28.7. The zero-order valence-corrected chi connectivity index (χ0v) is 22.6. The van der Waals surface area contributed by atoms with Gasteiger partial charge in [0, 0.05) is 42.6 Å². The van der Waals surface area contributed by atoms with Crippen molar-refractivity contribution in [1.29, 1.82) is 0 Å². The van der Waals surface area contributed by atoms with Crippen molar-refractivity contribution in [3.8, 4) is 5.75 Å². The van der Waals surface area contributed by atoms with Crippen molar-refractivity contribution < 1.29 is 49.4 Å². The summed E-state index contributed by atoms with van der Waals surface area (Å²) < 4.78 is 5.05. The molecule has 0 unspecified atom stereocenters. The SMILES string of the molecule is C=CCCOC(=O)Nc1cc(N(C)C)c2c(c1O)C(O)=C1C(=O)[C@@]3(O)C(O)=C(C(=O)O)C(=O)C[C@@]3(C)C[C@@]1(C)C2. The van der Waals surface area contributed by atoms with Crippen molar-refractivity contribution in [2.45, 2.75) is 45.1 Å². The number of aliphatic hydroxyl groups excluding tert-OH is 2. The van der Waals surface area contributed by atoms with Gasteiger partial charge in [0.05, 0.1) is 17.9 Å². The number of carboxylic acids is 1. The number of aliphatic carboxylic acids is 1. The highest BCUT2D eigenvalue weighted by Crippen LogP contribution is 2.63. The lowest BCUT2D eigenvalue weighted by Crippen LogP contribution is -2.65. The molecule has 40 heavy (non-hydrogen) atoms. The van der Waals surface area contributed by atoms with E-state index in [1.807, 2.05) is 0 Å². The third kappa shape index (κ3) is 3.93. The van der Waals surface area contributed by atoms with E-state index in [1.165, 1.54) is 13.0 Å². The quantitative estimate of drug-likeness (QED) is 0.130. The molecule has 3 atom stereocenters. The van der Waals surface area contributed by atoms with E-state index < -0.39 is 69.3 Å². The normalized spacial score (nSPS) is 27.4. The predicted octanol–water partition coefficient (Wildman–Crippen LogP) is 2.99. The maximum absolute atomic E-state index is 14.0. The Hall–Kier alpha value is -4.32. The summed E-state index contributed by atoms with van der Waals surface area (Å²) in [5, 5.41) is 57.2. The smallest absolute Gasteiger partial charge is 0.411 e. The van der Waals surface area contributed by atoms with Crippen LogP contribution in [0.2, 0.25) is 0 Å². The van der Waals surface area contributed by atoms with Crippen LogP contribution in [0.1, 0.15) is 44.2 Å². The average Bonchev–Trinajstić information content (AvgIpc) is 2.82. The summed E-state index contributed by atoms with van der Waals surface area (Å²) >= 11 is 0. The molecule has 0 saturated heterocycles. The zero-order valence-electron chi connectivity index (χ0n) is 22.6. The molecular weight excluding hydrogens is 524 g/mol. The summed E-state index contributed by atoms with van der Waals surface area (Å²) in [5.74, 6) is -6.45. The number of ketones is 2. The molecule has 6 N–H and O–H groups in total. The number of carboxylic acid groups (broad SMARTS) is 1. The minimum Gasteiger partial charge on any atom is -0.508 e. The first-order valence-electron chi connectivity index (χ1n) is 12.6. The first-order chi connectivity index (χ1) is 18.5. The number of aliphatic hydroxyl groups is 3. The van der Waals surface area contributed by atoms with Crippen molar-refractivity contribution >= 4 is 40.8 Å². The number of phenols is 1. The molecule has 1 fully saturated rings. The fourth-order valence-electron chi connectivity index (χ4n) is 6.43. The van der Waals surface area contributed by atoms with Crippen molar-refractivity contribution in [2.24, 2.45) is 10.8 Å². The summed E-state index contributed by atoms with van der Waals surface area (Å²) in [7, 11) is 3.42. The number of carbonyl (C=O) groups is 4. The van der Waals surface area contributed by atoms with E-state index in [0.717, 1.165) is 0 Å². The molecule has 1 saturated carbocycles. The third-order valence-electron chi connectivity index (χ3n) is 8.13. The highest BCUT2D eigenvalue weighted by atomic mass is 16.5. The summed E-state index contributed by atoms with van der Waals surface area (Å²) in [6, 6.07) is 1.49. The summed E-state index contributed by atoms with van der Waals surface area (Å²) in [6.45, 7) is 6.66. The number of anilines is 2. The Morgan fingerprint density at radius 3 is 2.40 bits per heavy atom. The highest BCUT2D eigenvalue weighted by molar-refractivity contribution is 6.22. The van der Waals surface area contributed by atoms with Crippen LogP contribution < -0.4 is 10.2 Å². The van der Waals surface area contributed by atoms with Gasteiger partial charge in [0.25, 0.3) is 0 Å². The summed E-state index contributed by atoms with van der Waals surface area (Å²) in [6.07, 6.45) is 0.529. The molecule has 0 spiro atoms. The molecule has 4 rings (SSSR count). The largest absolute Gasteiger partial charge is 0.508 e. The fraction of sp³-hybridized carbons (Fsp3) is 0.429. The third-order valence-corrected chi connectivity index (χ3v) is 8.13. The van der Waals surface area contributed by atoms with Crippen LogP contribution in [0.15, 0.2) is 35.6 Å². The molecule has 3 aliphatic carbocycles. The second-order valence-electron chi connectivity index (χ2n) is 11.2. The molecule has 1 aromatic rings. The fourth-order valence-corrected chi connectivity index (χ4v) is 6.43. The number of Topliss-reactive ketones (excluding diaryl/α,β-unsaturated/α-hetero) is 2. The van der Waals surface area contributed by atoms with Gasteiger partial charge in [-0.25, -0.2) is 9.59 Å². The molecule has 1 amide bonds. The molecule has 12 heteroatoms. The van der Waals surface area contributed by atoms with E-state index >= 15 is 0 Å². The van der Waals surface area contributed by atoms with Gasteiger partial charge in [0.15, 0.2) is 22.9 Å². The highest BCUT2D eigenvalue weighted by Gasteiger charge is 2.69. The van der Waals surface area contributed by atoms with E-state index in [4.69, 9.17) is 4.74 Å². The van der Waals surface area contributed by atoms with Crippen LogP contribution in [0.25, 0.3) is 5.76 Å². The number of rotatable bonds is 6. The second-order valence-corrected chi connectivity index (χ2v) is 11.2. The standard InChI is InChI=1S/C28H32N2O10/c1-6-7-8-40-25(38)29-14-9-15(30(4)5)13-10-26(2)12-27(3)11-16(31)18(24(36)37)22(34)28(27,39)23(35)19(26)21(33)17(13)20(14)32/h6,9,32-34,39H,1,7-8,10-12H2,2-5H3,(H,29,38)(H,36,37)/t26-,27+,28+/m1/s1. The van der Waals surface area contributed by atoms with Crippen molar-refractivity contribution in [2.75, 3.05) is 30.9 Å². The van der Waals surface area contributed by atoms with E-state index in [1.54, 1.807) is 32.0 Å². The number of benzene rings is 1. The minimum absolute atomic E-state index is 0.0406. The van der Waals surface area contributed by atoms with Crippen LogP contribution in [-0.2, 0) is 25.5 Å². The Morgan fingerprint density at radius 1 is 1.18 bits per heavy atom. The molecule has 214 valence electrons. The van der Waals surface area contributed by atoms with Gasteiger partial charge in [-0.3, -0.25) is 14.9 Å². The van der Waals surface area contributed by atoms with Gasteiger partial charge >= 0.3 is 12.1 Å². The van der Waals surface area contributed by atoms with E-state index in [2.05, 4.69) is 11.9 Å². The average molecular weight is 557 g/mol. The molecule has 0 radical (unpaired) electrons. The van der Waals surface area contributed by atoms with Crippen LogP contribution in [-0.4, -0.2) is 75.5 Å². The molecule has 12 nitrogen and oxygen atoms in total. The van der Waals surface area contributed by atoms with Gasteiger partial charge in [-0.2, -0.15) is 0 Å². The molecule has 0 heterocycles. The monoisotopic (exact) mass is 556 g/mol. The Balaban J connectivity index is 1.94. The van der Waals surface area contributed by atoms with E-state index in [-0.39, 0.29) is 36.3 Å². The molecule has 1 aromatic carbocycles. The number of hydrogen-bond donors (Lipinski definition) is 6. The summed E-state index contributed by atoms with van der Waals surface area (Å²) in [4.78, 5) is 52.5. The number of carbonyl (C=O) groups excluding carboxylic acids is 3. The van der Waals surface area contributed by atoms with Gasteiger partial charge < -0.3 is 35.2 Å². The topological polar surface area (TPSA) is 194 Å². The number of fused-ring (bicyclic) bond motifs is 3. The molecule has 0 aliphatic heterocycles. The molecular formula is C28H32N2O10. The number of nitrogens with one attached hydrogen (secondary N) is 1. The Labute approximate surface area is 229 Å². The lowest BCUT2D eigenvalue weighted by atomic mass is 9.47. The van der Waals surface area contributed by atoms with Crippen LogP contribution in [0.5, 0.6) is 5.75 Å². The van der Waals surface area contributed by atoms with Gasteiger partial charge in [-0.1, -0.05) is 19.9 Å². The zero-order chi connectivity index (χ0) is 29.9. The lowest BCUT2D eigenvalue weighted by Gasteiger charge is -2.56. The second kappa shape index (κ2) is 9.40. The summed E-state index contributed by atoms with van der Waals surface area (Å²) in [5.41, 5.74) is -6.39. The Kier molecular flexibility index (Phi) is 6.74. The first-order valence-corrected chi connectivity index (χ1v) is 12.6. The van der Waals surface area contributed by atoms with Crippen molar-refractivity contribution in [3.05, 3.63) is 46.8 Å². The number of nitrogens with zero attached hydrogens (tertiary/aromatic N) is 1. The van der Waals surface area contributed by atoms with Crippen LogP contribution >= 0.6 is 0 Å². The van der Waals surface area contributed by atoms with Gasteiger partial charge in [0.1, 0.15) is 11.3 Å². The maximum atomic E-state index is 14.0. The molecule has 0 bridgehead atoms. The number of ether oxygens (including phenoxy) is 1.